The number of benzene rings is 1. The van der Waals surface area contributed by atoms with Crippen molar-refractivity contribution in [2.75, 3.05) is 19.5 Å². The third-order valence-electron chi connectivity index (χ3n) is 4.52. The molecule has 4 heteroatoms. The standard InChI is InChI=1S/C16H21NO3/c1-19-11-8-12-15(14(9-11)20-2)13(18)10-16(17-12)6-4-3-5-7-16/h8-9,17H,3-7,10H2,1-2H3. The second-order valence-electron chi connectivity index (χ2n) is 5.82. The van der Waals surface area contributed by atoms with Gasteiger partial charge in [0.15, 0.2) is 5.78 Å². The monoisotopic (exact) mass is 275 g/mol. The Morgan fingerprint density at radius 3 is 2.50 bits per heavy atom. The molecule has 0 saturated heterocycles. The molecule has 1 fully saturated rings. The normalized spacial score (nSPS) is 20.2. The molecule has 108 valence electrons. The van der Waals surface area contributed by atoms with Crippen LogP contribution in [0.2, 0.25) is 0 Å². The lowest BCUT2D eigenvalue weighted by Gasteiger charge is -2.42. The van der Waals surface area contributed by atoms with Crippen molar-refractivity contribution in [3.8, 4) is 11.5 Å². The average Bonchev–Trinajstić information content (AvgIpc) is 2.46. The molecule has 20 heavy (non-hydrogen) atoms. The fourth-order valence-electron chi connectivity index (χ4n) is 3.51. The summed E-state index contributed by atoms with van der Waals surface area (Å²) in [5.41, 5.74) is 1.48. The van der Waals surface area contributed by atoms with Crippen LogP contribution in [-0.4, -0.2) is 25.5 Å². The number of hydrogen-bond acceptors (Lipinski definition) is 4. The van der Waals surface area contributed by atoms with Gasteiger partial charge in [0.25, 0.3) is 0 Å². The first-order valence-corrected chi connectivity index (χ1v) is 7.25. The second kappa shape index (κ2) is 5.00. The van der Waals surface area contributed by atoms with E-state index in [0.717, 1.165) is 18.5 Å². The zero-order valence-corrected chi connectivity index (χ0v) is 12.1. The summed E-state index contributed by atoms with van der Waals surface area (Å²) in [7, 11) is 3.22. The number of methoxy groups -OCH3 is 2. The van der Waals surface area contributed by atoms with Gasteiger partial charge < -0.3 is 14.8 Å². The maximum absolute atomic E-state index is 12.6. The van der Waals surface area contributed by atoms with Crippen LogP contribution in [0.15, 0.2) is 12.1 Å². The minimum atomic E-state index is -0.0558. The highest BCUT2D eigenvalue weighted by Crippen LogP contribution is 2.44. The van der Waals surface area contributed by atoms with E-state index in [2.05, 4.69) is 5.32 Å². The van der Waals surface area contributed by atoms with Crippen LogP contribution in [0.5, 0.6) is 11.5 Å². The van der Waals surface area contributed by atoms with Crippen LogP contribution in [0.25, 0.3) is 0 Å². The first kappa shape index (κ1) is 13.3. The molecule has 1 aromatic rings. The van der Waals surface area contributed by atoms with Crippen molar-refractivity contribution in [1.82, 2.24) is 0 Å². The highest BCUT2D eigenvalue weighted by atomic mass is 16.5. The fourth-order valence-corrected chi connectivity index (χ4v) is 3.51. The largest absolute Gasteiger partial charge is 0.497 e. The predicted octanol–water partition coefficient (Wildman–Crippen LogP) is 3.41. The molecule has 4 nitrogen and oxygen atoms in total. The molecule has 1 saturated carbocycles. The maximum Gasteiger partial charge on any atom is 0.171 e. The molecule has 0 amide bonds. The summed E-state index contributed by atoms with van der Waals surface area (Å²) >= 11 is 0. The van der Waals surface area contributed by atoms with Gasteiger partial charge in [-0.1, -0.05) is 19.3 Å². The molecular formula is C16H21NO3. The molecule has 1 N–H and O–H groups in total. The molecule has 0 bridgehead atoms. The minimum Gasteiger partial charge on any atom is -0.497 e. The second-order valence-corrected chi connectivity index (χ2v) is 5.82. The lowest BCUT2D eigenvalue weighted by atomic mass is 9.74. The molecule has 0 atom stereocenters. The number of carbonyl (C=O) groups excluding carboxylic acids is 1. The molecule has 0 unspecified atom stereocenters. The van der Waals surface area contributed by atoms with Crippen molar-refractivity contribution < 1.29 is 14.3 Å². The molecule has 1 spiro atoms. The highest BCUT2D eigenvalue weighted by molar-refractivity contribution is 6.06. The summed E-state index contributed by atoms with van der Waals surface area (Å²) in [5.74, 6) is 1.50. The van der Waals surface area contributed by atoms with E-state index < -0.39 is 0 Å². The zero-order chi connectivity index (χ0) is 14.2. The number of Topliss-reactive ketones (excluding diaryl/α,β-unsaturated/α-hetero) is 1. The number of hydrogen-bond donors (Lipinski definition) is 1. The summed E-state index contributed by atoms with van der Waals surface area (Å²) in [6.45, 7) is 0. The first-order chi connectivity index (χ1) is 9.67. The molecule has 1 aliphatic heterocycles. The van der Waals surface area contributed by atoms with Crippen molar-refractivity contribution in [3.05, 3.63) is 17.7 Å². The SMILES string of the molecule is COc1cc2c(c(OC)c1)C(=O)CC1(CCCCC1)N2. The van der Waals surface area contributed by atoms with Crippen LogP contribution >= 0.6 is 0 Å². The van der Waals surface area contributed by atoms with Crippen LogP contribution < -0.4 is 14.8 Å². The minimum absolute atomic E-state index is 0.0558. The Bertz CT molecular complexity index is 533. The zero-order valence-electron chi connectivity index (χ0n) is 12.1. The number of anilines is 1. The van der Waals surface area contributed by atoms with E-state index in [0.29, 0.717) is 23.5 Å². The average molecular weight is 275 g/mol. The lowest BCUT2D eigenvalue weighted by Crippen LogP contribution is -2.45. The van der Waals surface area contributed by atoms with Crippen molar-refractivity contribution in [2.24, 2.45) is 0 Å². The lowest BCUT2D eigenvalue weighted by molar-refractivity contribution is 0.0931. The summed E-state index contributed by atoms with van der Waals surface area (Å²) in [6.07, 6.45) is 6.36. The van der Waals surface area contributed by atoms with Crippen molar-refractivity contribution in [3.63, 3.8) is 0 Å². The number of fused-ring (bicyclic) bond motifs is 1. The third-order valence-corrected chi connectivity index (χ3v) is 4.52. The van der Waals surface area contributed by atoms with Gasteiger partial charge in [0.1, 0.15) is 11.5 Å². The summed E-state index contributed by atoms with van der Waals surface area (Å²) in [5, 5.41) is 3.61. The fraction of sp³-hybridized carbons (Fsp3) is 0.562. The van der Waals surface area contributed by atoms with Crippen LogP contribution in [-0.2, 0) is 0 Å². The molecule has 2 aliphatic rings. The van der Waals surface area contributed by atoms with Crippen molar-refractivity contribution >= 4 is 11.5 Å². The number of carbonyl (C=O) groups is 1. The summed E-state index contributed by atoms with van der Waals surface area (Å²) in [4.78, 5) is 12.6. The van der Waals surface area contributed by atoms with Crippen LogP contribution in [0.4, 0.5) is 5.69 Å². The Morgan fingerprint density at radius 2 is 1.85 bits per heavy atom. The molecule has 1 heterocycles. The van der Waals surface area contributed by atoms with Gasteiger partial charge in [-0.05, 0) is 12.8 Å². The predicted molar refractivity (Wildman–Crippen MR) is 77.9 cm³/mol. The number of nitrogens with one attached hydrogen (secondary N) is 1. The molecule has 0 aromatic heterocycles. The molecule has 1 aliphatic carbocycles. The highest BCUT2D eigenvalue weighted by Gasteiger charge is 2.40. The van der Waals surface area contributed by atoms with Gasteiger partial charge >= 0.3 is 0 Å². The van der Waals surface area contributed by atoms with Crippen molar-refractivity contribution in [1.29, 1.82) is 0 Å². The topological polar surface area (TPSA) is 47.6 Å². The van der Waals surface area contributed by atoms with E-state index in [1.165, 1.54) is 19.3 Å². The van der Waals surface area contributed by atoms with E-state index in [1.807, 2.05) is 6.07 Å². The Kier molecular flexibility index (Phi) is 3.32. The Morgan fingerprint density at radius 1 is 1.10 bits per heavy atom. The van der Waals surface area contributed by atoms with Gasteiger partial charge in [0, 0.05) is 24.1 Å². The summed E-state index contributed by atoms with van der Waals surface area (Å²) in [6, 6.07) is 3.68. The summed E-state index contributed by atoms with van der Waals surface area (Å²) < 4.78 is 10.7. The number of ketones is 1. The van der Waals surface area contributed by atoms with Crippen LogP contribution in [0.1, 0.15) is 48.9 Å². The molecule has 1 aromatic carbocycles. The molecule has 0 radical (unpaired) electrons. The van der Waals surface area contributed by atoms with Gasteiger partial charge in [-0.3, -0.25) is 4.79 Å². The first-order valence-electron chi connectivity index (χ1n) is 7.25. The quantitative estimate of drug-likeness (QED) is 0.898. The van der Waals surface area contributed by atoms with E-state index in [1.54, 1.807) is 20.3 Å². The van der Waals surface area contributed by atoms with Gasteiger partial charge in [-0.2, -0.15) is 0 Å². The maximum atomic E-state index is 12.6. The van der Waals surface area contributed by atoms with Crippen molar-refractivity contribution in [2.45, 2.75) is 44.1 Å². The van der Waals surface area contributed by atoms with Crippen LogP contribution in [0, 0.1) is 0 Å². The molecular weight excluding hydrogens is 254 g/mol. The van der Waals surface area contributed by atoms with E-state index in [-0.39, 0.29) is 11.3 Å². The number of ether oxygens (including phenoxy) is 2. The molecule has 3 rings (SSSR count). The van der Waals surface area contributed by atoms with Gasteiger partial charge in [0.2, 0.25) is 0 Å². The number of rotatable bonds is 2. The Balaban J connectivity index is 2.04. The van der Waals surface area contributed by atoms with E-state index in [9.17, 15) is 4.79 Å². The van der Waals surface area contributed by atoms with E-state index in [4.69, 9.17) is 9.47 Å². The Hall–Kier alpha value is -1.71. The third kappa shape index (κ3) is 2.13. The van der Waals surface area contributed by atoms with Gasteiger partial charge in [0.05, 0.1) is 25.5 Å². The van der Waals surface area contributed by atoms with Crippen LogP contribution in [0.3, 0.4) is 0 Å². The Labute approximate surface area is 119 Å². The van der Waals surface area contributed by atoms with Gasteiger partial charge in [-0.25, -0.2) is 0 Å². The smallest absolute Gasteiger partial charge is 0.171 e. The van der Waals surface area contributed by atoms with Gasteiger partial charge in [-0.15, -0.1) is 0 Å². The van der Waals surface area contributed by atoms with E-state index >= 15 is 0 Å².